The van der Waals surface area contributed by atoms with Gasteiger partial charge in [-0.25, -0.2) is 0 Å². The summed E-state index contributed by atoms with van der Waals surface area (Å²) in [6, 6.07) is 0.848. The van der Waals surface area contributed by atoms with Gasteiger partial charge >= 0.3 is 0 Å². The molecule has 5 saturated carbocycles. The van der Waals surface area contributed by atoms with Gasteiger partial charge in [-0.1, -0.05) is 0 Å². The van der Waals surface area contributed by atoms with Crippen LogP contribution in [0.3, 0.4) is 0 Å². The van der Waals surface area contributed by atoms with Crippen molar-refractivity contribution in [2.45, 2.75) is 81.8 Å². The SMILES string of the molecule is NC1CCCC(NC(=S)NC23CC4CC(CC(C4)C2)C3)C1. The van der Waals surface area contributed by atoms with E-state index in [1.807, 2.05) is 0 Å². The lowest BCUT2D eigenvalue weighted by atomic mass is 9.53. The monoisotopic (exact) mass is 307 g/mol. The summed E-state index contributed by atoms with van der Waals surface area (Å²) < 4.78 is 0. The molecule has 3 nitrogen and oxygen atoms in total. The second-order valence-electron chi connectivity index (χ2n) is 8.42. The molecular formula is C17H29N3S. The fourth-order valence-corrected chi connectivity index (χ4v) is 6.47. The molecule has 0 aromatic rings. The van der Waals surface area contributed by atoms with Gasteiger partial charge in [0, 0.05) is 17.6 Å². The van der Waals surface area contributed by atoms with Crippen LogP contribution in [0.4, 0.5) is 0 Å². The zero-order valence-corrected chi connectivity index (χ0v) is 13.8. The van der Waals surface area contributed by atoms with Crippen LogP contribution in [0.15, 0.2) is 0 Å². The summed E-state index contributed by atoms with van der Waals surface area (Å²) in [6.07, 6.45) is 13.2. The van der Waals surface area contributed by atoms with Gasteiger partial charge in [0.1, 0.15) is 0 Å². The summed E-state index contributed by atoms with van der Waals surface area (Å²) in [7, 11) is 0. The Balaban J connectivity index is 1.36. The van der Waals surface area contributed by atoms with Crippen LogP contribution in [-0.2, 0) is 0 Å². The van der Waals surface area contributed by atoms with E-state index in [2.05, 4.69) is 10.6 Å². The van der Waals surface area contributed by atoms with Crippen molar-refractivity contribution in [1.82, 2.24) is 10.6 Å². The van der Waals surface area contributed by atoms with Crippen molar-refractivity contribution in [3.05, 3.63) is 0 Å². The van der Waals surface area contributed by atoms with E-state index < -0.39 is 0 Å². The second-order valence-corrected chi connectivity index (χ2v) is 8.83. The zero-order chi connectivity index (χ0) is 14.4. The highest BCUT2D eigenvalue weighted by atomic mass is 32.1. The molecule has 0 aliphatic heterocycles. The summed E-state index contributed by atoms with van der Waals surface area (Å²) in [4.78, 5) is 0. The van der Waals surface area contributed by atoms with Crippen molar-refractivity contribution in [2.24, 2.45) is 23.5 Å². The maximum Gasteiger partial charge on any atom is 0.166 e. The number of thiocarbonyl (C=S) groups is 1. The Morgan fingerprint density at radius 3 is 2.14 bits per heavy atom. The Morgan fingerprint density at radius 2 is 1.57 bits per heavy atom. The lowest BCUT2D eigenvalue weighted by Crippen LogP contribution is -2.62. The smallest absolute Gasteiger partial charge is 0.166 e. The molecule has 0 heterocycles. The molecule has 4 N–H and O–H groups in total. The van der Waals surface area contributed by atoms with E-state index in [4.69, 9.17) is 18.0 Å². The molecular weight excluding hydrogens is 278 g/mol. The Hall–Kier alpha value is -0.350. The average molecular weight is 308 g/mol. The molecule has 0 spiro atoms. The third kappa shape index (κ3) is 2.94. The first-order valence-electron chi connectivity index (χ1n) is 8.94. The van der Waals surface area contributed by atoms with E-state index in [1.54, 1.807) is 0 Å². The second kappa shape index (κ2) is 5.38. The minimum absolute atomic E-state index is 0.329. The van der Waals surface area contributed by atoms with E-state index >= 15 is 0 Å². The van der Waals surface area contributed by atoms with Crippen LogP contribution >= 0.6 is 12.2 Å². The maximum absolute atomic E-state index is 6.08. The fraction of sp³-hybridized carbons (Fsp3) is 0.941. The molecule has 5 fully saturated rings. The Morgan fingerprint density at radius 1 is 0.952 bits per heavy atom. The Kier molecular flexibility index (Phi) is 3.65. The number of hydrogen-bond acceptors (Lipinski definition) is 2. The van der Waals surface area contributed by atoms with Gasteiger partial charge < -0.3 is 16.4 Å². The third-order valence-electron chi connectivity index (χ3n) is 6.47. The molecule has 5 rings (SSSR count). The quantitative estimate of drug-likeness (QED) is 0.687. The number of rotatable bonds is 2. The molecule has 0 amide bonds. The Bertz CT molecular complexity index is 387. The molecule has 118 valence electrons. The molecule has 0 aromatic carbocycles. The molecule has 5 aliphatic rings. The van der Waals surface area contributed by atoms with Crippen molar-refractivity contribution in [3.63, 3.8) is 0 Å². The topological polar surface area (TPSA) is 50.1 Å². The van der Waals surface area contributed by atoms with Crippen LogP contribution in [0.5, 0.6) is 0 Å². The standard InChI is InChI=1S/C17H29N3S/c18-14-2-1-3-15(7-14)19-16(21)20-17-8-11-4-12(9-17)6-13(5-11)10-17/h11-15H,1-10,18H2,(H2,19,20,21). The van der Waals surface area contributed by atoms with Crippen LogP contribution in [0.25, 0.3) is 0 Å². The molecule has 2 atom stereocenters. The van der Waals surface area contributed by atoms with Crippen LogP contribution in [0.1, 0.15) is 64.2 Å². The van der Waals surface area contributed by atoms with Crippen molar-refractivity contribution >= 4 is 17.3 Å². The molecule has 21 heavy (non-hydrogen) atoms. The van der Waals surface area contributed by atoms with Gasteiger partial charge in [0.25, 0.3) is 0 Å². The first kappa shape index (κ1) is 14.3. The minimum atomic E-state index is 0.329. The molecule has 4 heteroatoms. The summed E-state index contributed by atoms with van der Waals surface area (Å²) in [5.74, 6) is 2.90. The minimum Gasteiger partial charge on any atom is -0.360 e. The molecule has 4 bridgehead atoms. The first-order chi connectivity index (χ1) is 10.1. The van der Waals surface area contributed by atoms with E-state index in [9.17, 15) is 0 Å². The lowest BCUT2D eigenvalue weighted by Gasteiger charge is -2.57. The van der Waals surface area contributed by atoms with Crippen LogP contribution in [0.2, 0.25) is 0 Å². The van der Waals surface area contributed by atoms with Gasteiger partial charge in [0.15, 0.2) is 5.11 Å². The highest BCUT2D eigenvalue weighted by Crippen LogP contribution is 2.55. The van der Waals surface area contributed by atoms with E-state index in [0.29, 0.717) is 17.6 Å². The van der Waals surface area contributed by atoms with E-state index in [1.165, 1.54) is 57.8 Å². The van der Waals surface area contributed by atoms with Gasteiger partial charge in [-0.2, -0.15) is 0 Å². The van der Waals surface area contributed by atoms with Gasteiger partial charge in [-0.15, -0.1) is 0 Å². The van der Waals surface area contributed by atoms with Crippen molar-refractivity contribution in [3.8, 4) is 0 Å². The van der Waals surface area contributed by atoms with Gasteiger partial charge in [-0.3, -0.25) is 0 Å². The third-order valence-corrected chi connectivity index (χ3v) is 6.69. The van der Waals surface area contributed by atoms with Crippen molar-refractivity contribution in [1.29, 1.82) is 0 Å². The lowest BCUT2D eigenvalue weighted by molar-refractivity contribution is -0.0102. The molecule has 0 aromatic heterocycles. The number of nitrogens with two attached hydrogens (primary N) is 1. The number of nitrogens with one attached hydrogen (secondary N) is 2. The number of hydrogen-bond donors (Lipinski definition) is 3. The summed E-state index contributed by atoms with van der Waals surface area (Å²) in [5, 5.41) is 8.23. The van der Waals surface area contributed by atoms with Crippen molar-refractivity contribution < 1.29 is 0 Å². The molecule has 0 saturated heterocycles. The van der Waals surface area contributed by atoms with Gasteiger partial charge in [0.2, 0.25) is 0 Å². The molecule has 5 aliphatic carbocycles. The zero-order valence-electron chi connectivity index (χ0n) is 12.9. The molecule has 0 radical (unpaired) electrons. The highest BCUT2D eigenvalue weighted by molar-refractivity contribution is 7.80. The Labute approximate surface area is 133 Å². The normalized spacial score (nSPS) is 48.1. The predicted molar refractivity (Wildman–Crippen MR) is 90.0 cm³/mol. The summed E-state index contributed by atoms with van der Waals surface area (Å²) in [5.41, 5.74) is 6.41. The van der Waals surface area contributed by atoms with Gasteiger partial charge in [0.05, 0.1) is 0 Å². The highest BCUT2D eigenvalue weighted by Gasteiger charge is 2.51. The van der Waals surface area contributed by atoms with E-state index in [-0.39, 0.29) is 0 Å². The average Bonchev–Trinajstić information content (AvgIpc) is 2.35. The summed E-state index contributed by atoms with van der Waals surface area (Å²) in [6.45, 7) is 0. The largest absolute Gasteiger partial charge is 0.360 e. The predicted octanol–water partition coefficient (Wildman–Crippen LogP) is 2.69. The first-order valence-corrected chi connectivity index (χ1v) is 9.35. The van der Waals surface area contributed by atoms with Gasteiger partial charge in [-0.05, 0) is 94.2 Å². The van der Waals surface area contributed by atoms with E-state index in [0.717, 1.165) is 29.3 Å². The van der Waals surface area contributed by atoms with Crippen LogP contribution < -0.4 is 16.4 Å². The summed E-state index contributed by atoms with van der Waals surface area (Å²) >= 11 is 5.65. The van der Waals surface area contributed by atoms with Crippen molar-refractivity contribution in [2.75, 3.05) is 0 Å². The maximum atomic E-state index is 6.08. The van der Waals surface area contributed by atoms with Crippen LogP contribution in [-0.4, -0.2) is 22.7 Å². The fourth-order valence-electron chi connectivity index (χ4n) is 6.08. The van der Waals surface area contributed by atoms with Crippen LogP contribution in [0, 0.1) is 17.8 Å². The molecule has 2 unspecified atom stereocenters.